The highest BCUT2D eigenvalue weighted by atomic mass is 79.9. The summed E-state index contributed by atoms with van der Waals surface area (Å²) in [5, 5.41) is 0. The fourth-order valence-electron chi connectivity index (χ4n) is 0.993. The predicted octanol–water partition coefficient (Wildman–Crippen LogP) is 1.75. The molecule has 0 radical (unpaired) electrons. The van der Waals surface area contributed by atoms with Crippen molar-refractivity contribution in [3.63, 3.8) is 0 Å². The van der Waals surface area contributed by atoms with Crippen molar-refractivity contribution >= 4 is 26.0 Å². The fraction of sp³-hybridized carbons (Fsp3) is 0.200. The van der Waals surface area contributed by atoms with Gasteiger partial charge in [-0.2, -0.15) is 4.72 Å². The average molecular weight is 288 g/mol. The minimum absolute atomic E-state index is 0.187. The summed E-state index contributed by atoms with van der Waals surface area (Å²) >= 11 is 3.17. The van der Waals surface area contributed by atoms with Crippen LogP contribution in [-0.4, -0.2) is 14.5 Å². The van der Waals surface area contributed by atoms with Gasteiger partial charge in [0.05, 0.1) is 10.9 Å². The highest BCUT2D eigenvalue weighted by Gasteiger charge is 2.18. The van der Waals surface area contributed by atoms with Crippen LogP contribution in [0.1, 0.15) is 6.92 Å². The van der Waals surface area contributed by atoms with Crippen molar-refractivity contribution in [3.8, 4) is 12.3 Å². The molecule has 0 bridgehead atoms. The maximum atomic E-state index is 11.8. The maximum Gasteiger partial charge on any atom is 0.242 e. The van der Waals surface area contributed by atoms with Crippen molar-refractivity contribution in [1.82, 2.24) is 4.72 Å². The lowest BCUT2D eigenvalue weighted by atomic mass is 10.4. The lowest BCUT2D eigenvalue weighted by molar-refractivity contribution is 0.577. The van der Waals surface area contributed by atoms with Gasteiger partial charge in [-0.05, 0) is 35.0 Å². The number of sulfonamides is 1. The molecule has 1 rings (SSSR count). The topological polar surface area (TPSA) is 46.2 Å². The Kier molecular flexibility index (Phi) is 3.91. The van der Waals surface area contributed by atoms with Crippen LogP contribution in [0.3, 0.4) is 0 Å². The second-order valence-electron chi connectivity index (χ2n) is 2.94. The highest BCUT2D eigenvalue weighted by Crippen LogP contribution is 2.20. The monoisotopic (exact) mass is 287 g/mol. The van der Waals surface area contributed by atoms with Crippen molar-refractivity contribution in [2.75, 3.05) is 0 Å². The molecular weight excluding hydrogens is 278 g/mol. The summed E-state index contributed by atoms with van der Waals surface area (Å²) in [6.45, 7) is 1.61. The summed E-state index contributed by atoms with van der Waals surface area (Å²) in [5.41, 5.74) is 0. The van der Waals surface area contributed by atoms with E-state index in [1.807, 2.05) is 0 Å². The Morgan fingerprint density at radius 2 is 2.07 bits per heavy atom. The van der Waals surface area contributed by atoms with Crippen LogP contribution in [0.15, 0.2) is 33.6 Å². The molecule has 0 saturated heterocycles. The first kappa shape index (κ1) is 12.2. The van der Waals surface area contributed by atoms with Gasteiger partial charge >= 0.3 is 0 Å². The molecule has 0 heterocycles. The van der Waals surface area contributed by atoms with Crippen LogP contribution >= 0.6 is 15.9 Å². The molecule has 1 aromatic rings. The molecule has 0 saturated carbocycles. The zero-order chi connectivity index (χ0) is 11.5. The molecule has 0 spiro atoms. The van der Waals surface area contributed by atoms with Crippen LogP contribution in [0.4, 0.5) is 0 Å². The molecular formula is C10H10BrNO2S. The van der Waals surface area contributed by atoms with E-state index in [0.29, 0.717) is 4.47 Å². The van der Waals surface area contributed by atoms with E-state index in [4.69, 9.17) is 6.42 Å². The minimum Gasteiger partial charge on any atom is -0.207 e. The molecule has 0 fully saturated rings. The molecule has 3 nitrogen and oxygen atoms in total. The van der Waals surface area contributed by atoms with E-state index in [0.717, 1.165) is 0 Å². The molecule has 0 amide bonds. The molecule has 1 aromatic carbocycles. The summed E-state index contributed by atoms with van der Waals surface area (Å²) < 4.78 is 26.5. The smallest absolute Gasteiger partial charge is 0.207 e. The van der Waals surface area contributed by atoms with Gasteiger partial charge in [0.1, 0.15) is 0 Å². The standard InChI is InChI=1S/C10H10BrNO2S/c1-3-8(2)12-15(13,14)10-7-5-4-6-9(10)11/h1,4-8,12H,2H3. The maximum absolute atomic E-state index is 11.8. The van der Waals surface area contributed by atoms with Crippen molar-refractivity contribution in [2.24, 2.45) is 0 Å². The van der Waals surface area contributed by atoms with Crippen LogP contribution in [-0.2, 0) is 10.0 Å². The summed E-state index contributed by atoms with van der Waals surface area (Å²) in [7, 11) is -3.54. The SMILES string of the molecule is C#CC(C)NS(=O)(=O)c1ccccc1Br. The molecule has 1 N–H and O–H groups in total. The first-order valence-electron chi connectivity index (χ1n) is 4.20. The summed E-state index contributed by atoms with van der Waals surface area (Å²) in [5.74, 6) is 2.30. The molecule has 0 aliphatic heterocycles. The van der Waals surface area contributed by atoms with Crippen LogP contribution in [0.5, 0.6) is 0 Å². The number of hydrogen-bond donors (Lipinski definition) is 1. The first-order chi connectivity index (χ1) is 6.97. The van der Waals surface area contributed by atoms with E-state index in [-0.39, 0.29) is 4.90 Å². The van der Waals surface area contributed by atoms with Gasteiger partial charge in [0.2, 0.25) is 10.0 Å². The molecule has 0 aromatic heterocycles. The molecule has 0 aliphatic carbocycles. The van der Waals surface area contributed by atoms with Gasteiger partial charge in [-0.3, -0.25) is 0 Å². The largest absolute Gasteiger partial charge is 0.242 e. The first-order valence-corrected chi connectivity index (χ1v) is 6.48. The number of terminal acetylenes is 1. The van der Waals surface area contributed by atoms with Crippen molar-refractivity contribution < 1.29 is 8.42 Å². The Balaban J connectivity index is 3.09. The summed E-state index contributed by atoms with van der Waals surface area (Å²) in [6, 6.07) is 6.04. The second kappa shape index (κ2) is 4.79. The molecule has 1 atom stereocenters. The molecule has 5 heteroatoms. The van der Waals surface area contributed by atoms with Gasteiger partial charge in [0, 0.05) is 4.47 Å². The van der Waals surface area contributed by atoms with E-state index in [2.05, 4.69) is 26.6 Å². The van der Waals surface area contributed by atoms with Gasteiger partial charge in [-0.1, -0.05) is 18.1 Å². The Hall–Kier alpha value is -0.830. The van der Waals surface area contributed by atoms with Crippen molar-refractivity contribution in [3.05, 3.63) is 28.7 Å². The number of halogens is 1. The highest BCUT2D eigenvalue weighted by molar-refractivity contribution is 9.10. The second-order valence-corrected chi connectivity index (χ2v) is 5.48. The Labute approximate surface area is 98.1 Å². The van der Waals surface area contributed by atoms with E-state index in [1.165, 1.54) is 6.07 Å². The van der Waals surface area contributed by atoms with Gasteiger partial charge in [-0.25, -0.2) is 8.42 Å². The molecule has 0 aliphatic rings. The normalized spacial score (nSPS) is 13.1. The molecule has 80 valence electrons. The van der Waals surface area contributed by atoms with E-state index < -0.39 is 16.1 Å². The summed E-state index contributed by atoms with van der Waals surface area (Å²) in [4.78, 5) is 0.187. The third-order valence-electron chi connectivity index (χ3n) is 1.71. The third kappa shape index (κ3) is 3.06. The average Bonchev–Trinajstić information content (AvgIpc) is 2.17. The lowest BCUT2D eigenvalue weighted by Gasteiger charge is -2.09. The van der Waals surface area contributed by atoms with Crippen LogP contribution in [0, 0.1) is 12.3 Å². The molecule has 15 heavy (non-hydrogen) atoms. The van der Waals surface area contributed by atoms with Gasteiger partial charge in [0.15, 0.2) is 0 Å². The van der Waals surface area contributed by atoms with Crippen molar-refractivity contribution in [2.45, 2.75) is 17.9 Å². The quantitative estimate of drug-likeness (QED) is 0.861. The van der Waals surface area contributed by atoms with Crippen LogP contribution < -0.4 is 4.72 Å². The number of hydrogen-bond acceptors (Lipinski definition) is 2. The number of benzene rings is 1. The Bertz CT molecular complexity index is 490. The predicted molar refractivity (Wildman–Crippen MR) is 62.8 cm³/mol. The zero-order valence-electron chi connectivity index (χ0n) is 8.07. The van der Waals surface area contributed by atoms with Gasteiger partial charge in [0.25, 0.3) is 0 Å². The van der Waals surface area contributed by atoms with E-state index in [1.54, 1.807) is 25.1 Å². The van der Waals surface area contributed by atoms with Gasteiger partial charge < -0.3 is 0 Å². The third-order valence-corrected chi connectivity index (χ3v) is 4.26. The minimum atomic E-state index is -3.54. The Morgan fingerprint density at radius 1 is 1.47 bits per heavy atom. The number of nitrogens with one attached hydrogen (secondary N) is 1. The summed E-state index contributed by atoms with van der Waals surface area (Å²) in [6.07, 6.45) is 5.11. The zero-order valence-corrected chi connectivity index (χ0v) is 10.5. The number of rotatable bonds is 3. The Morgan fingerprint density at radius 3 is 2.60 bits per heavy atom. The van der Waals surface area contributed by atoms with E-state index in [9.17, 15) is 8.42 Å². The van der Waals surface area contributed by atoms with Crippen LogP contribution in [0.25, 0.3) is 0 Å². The lowest BCUT2D eigenvalue weighted by Crippen LogP contribution is -2.31. The molecule has 1 unspecified atom stereocenters. The van der Waals surface area contributed by atoms with E-state index >= 15 is 0 Å². The van der Waals surface area contributed by atoms with Crippen LogP contribution in [0.2, 0.25) is 0 Å². The fourth-order valence-corrected chi connectivity index (χ4v) is 3.16. The van der Waals surface area contributed by atoms with Crippen molar-refractivity contribution in [1.29, 1.82) is 0 Å². The van der Waals surface area contributed by atoms with Gasteiger partial charge in [-0.15, -0.1) is 6.42 Å².